The molecule has 0 aliphatic carbocycles. The van der Waals surface area contributed by atoms with Crippen LogP contribution in [0.3, 0.4) is 0 Å². The monoisotopic (exact) mass is 434 g/mol. The Morgan fingerprint density at radius 3 is 2.77 bits per heavy atom. The van der Waals surface area contributed by atoms with Crippen LogP contribution in [0.25, 0.3) is 11.3 Å². The zero-order valence-electron chi connectivity index (χ0n) is 12.4. The Morgan fingerprint density at radius 2 is 2.18 bits per heavy atom. The molecule has 0 amide bonds. The van der Waals surface area contributed by atoms with E-state index in [4.69, 9.17) is 10.00 Å². The van der Waals surface area contributed by atoms with Crippen LogP contribution >= 0.6 is 15.9 Å². The second-order valence-electron chi connectivity index (χ2n) is 4.46. The van der Waals surface area contributed by atoms with Crippen LogP contribution in [0, 0.1) is 24.3 Å². The molecule has 111 valence electrons. The normalized spacial score (nSPS) is 9.73. The van der Waals surface area contributed by atoms with Crippen molar-refractivity contribution >= 4 is 15.9 Å². The van der Waals surface area contributed by atoms with Crippen LogP contribution in [0.5, 0.6) is 5.75 Å². The second-order valence-corrected chi connectivity index (χ2v) is 5.31. The van der Waals surface area contributed by atoms with Gasteiger partial charge in [0.05, 0.1) is 0 Å². The Hall–Kier alpha value is -0.956. The van der Waals surface area contributed by atoms with Crippen molar-refractivity contribution in [3.63, 3.8) is 0 Å². The van der Waals surface area contributed by atoms with E-state index < -0.39 is 0 Å². The fourth-order valence-electron chi connectivity index (χ4n) is 2.05. The average Bonchev–Trinajstić information content (AvgIpc) is 2.48. The fourth-order valence-corrected chi connectivity index (χ4v) is 2.59. The topological polar surface area (TPSA) is 55.0 Å². The first-order valence-electron chi connectivity index (χ1n) is 6.50. The number of benzene rings is 1. The first kappa shape index (κ1) is 19.1. The summed E-state index contributed by atoms with van der Waals surface area (Å²) in [6.07, 6.45) is 0. The largest absolute Gasteiger partial charge is 0.479 e. The Kier molecular flexibility index (Phi) is 7.48. The Morgan fingerprint density at radius 1 is 1.45 bits per heavy atom. The van der Waals surface area contributed by atoms with Gasteiger partial charge in [0.15, 0.2) is 12.2 Å². The van der Waals surface area contributed by atoms with E-state index in [1.54, 1.807) is 29.7 Å². The minimum atomic E-state index is -0.0112. The summed E-state index contributed by atoms with van der Waals surface area (Å²) < 4.78 is 7.73. The van der Waals surface area contributed by atoms with E-state index in [9.17, 15) is 4.79 Å². The third-order valence-electron chi connectivity index (χ3n) is 3.09. The van der Waals surface area contributed by atoms with Crippen molar-refractivity contribution in [1.29, 1.82) is 5.26 Å². The van der Waals surface area contributed by atoms with Gasteiger partial charge in [-0.25, -0.2) is 0 Å². The number of nitriles is 1. The molecule has 4 nitrogen and oxygen atoms in total. The van der Waals surface area contributed by atoms with Gasteiger partial charge in [0, 0.05) is 39.3 Å². The van der Waals surface area contributed by atoms with Crippen molar-refractivity contribution in [2.45, 2.75) is 20.4 Å². The van der Waals surface area contributed by atoms with Gasteiger partial charge in [-0.3, -0.25) is 4.79 Å². The molecule has 0 fully saturated rings. The maximum atomic E-state index is 12.2. The number of aromatic nitrogens is 1. The van der Waals surface area contributed by atoms with Crippen LogP contribution in [-0.4, -0.2) is 11.2 Å². The number of pyridine rings is 1. The number of rotatable bonds is 4. The molecule has 0 saturated carbocycles. The number of halogens is 1. The van der Waals surface area contributed by atoms with Crippen molar-refractivity contribution in [2.75, 3.05) is 6.61 Å². The van der Waals surface area contributed by atoms with Crippen molar-refractivity contribution in [1.82, 2.24) is 4.57 Å². The van der Waals surface area contributed by atoms with Gasteiger partial charge < -0.3 is 9.30 Å². The molecule has 1 heterocycles. The summed E-state index contributed by atoms with van der Waals surface area (Å²) in [6.45, 7) is 4.28. The molecular weight excluding hydrogens is 421 g/mol. The van der Waals surface area contributed by atoms with Crippen LogP contribution in [0.15, 0.2) is 33.5 Å². The second kappa shape index (κ2) is 8.62. The molecule has 0 unspecified atom stereocenters. The molecule has 0 aliphatic heterocycles. The number of hydrogen-bond donors (Lipinski definition) is 0. The van der Waals surface area contributed by atoms with Gasteiger partial charge in [-0.2, -0.15) is 17.4 Å². The SMILES string of the molecule is CCn1c(-c2ccc(OCC#N)cc2Br)[c-]cc(C)c1=O.[Y]. The third-order valence-corrected chi connectivity index (χ3v) is 3.75. The van der Waals surface area contributed by atoms with Crippen LogP contribution in [0.2, 0.25) is 0 Å². The zero-order chi connectivity index (χ0) is 15.4. The fraction of sp³-hybridized carbons (Fsp3) is 0.250. The zero-order valence-corrected chi connectivity index (χ0v) is 16.8. The molecule has 0 N–H and O–H groups in total. The summed E-state index contributed by atoms with van der Waals surface area (Å²) >= 11 is 3.48. The first-order valence-corrected chi connectivity index (χ1v) is 7.29. The van der Waals surface area contributed by atoms with E-state index in [0.29, 0.717) is 17.9 Å². The van der Waals surface area contributed by atoms with Crippen LogP contribution in [0.4, 0.5) is 0 Å². The standard InChI is InChI=1S/C16H14BrN2O2.Y/c1-3-19-15(7-4-11(2)16(19)20)13-6-5-12(10-14(13)17)21-9-8-18;/h4-6,10H,3,9H2,1-2H3;/q-1;. The molecule has 0 saturated heterocycles. The molecule has 0 bridgehead atoms. The van der Waals surface area contributed by atoms with Gasteiger partial charge in [-0.15, -0.1) is 6.07 Å². The minimum absolute atomic E-state index is 0. The number of nitrogens with zero attached hydrogens (tertiary/aromatic N) is 2. The molecule has 1 aromatic carbocycles. The van der Waals surface area contributed by atoms with Crippen LogP contribution in [-0.2, 0) is 39.3 Å². The van der Waals surface area contributed by atoms with E-state index >= 15 is 0 Å². The molecule has 22 heavy (non-hydrogen) atoms. The molecular formula is C16H14BrN2O2Y-. The van der Waals surface area contributed by atoms with Crippen LogP contribution < -0.4 is 10.3 Å². The molecule has 2 rings (SSSR count). The number of hydrogen-bond acceptors (Lipinski definition) is 3. The minimum Gasteiger partial charge on any atom is -0.479 e. The van der Waals surface area contributed by atoms with Gasteiger partial charge in [0.25, 0.3) is 0 Å². The van der Waals surface area contributed by atoms with Gasteiger partial charge in [-0.05, 0) is 23.5 Å². The van der Waals surface area contributed by atoms with E-state index in [0.717, 1.165) is 15.7 Å². The molecule has 0 atom stereocenters. The molecule has 2 aromatic rings. The van der Waals surface area contributed by atoms with E-state index in [2.05, 4.69) is 22.0 Å². The number of aryl methyl sites for hydroxylation is 1. The first-order chi connectivity index (χ1) is 10.1. The van der Waals surface area contributed by atoms with Gasteiger partial charge in [0.2, 0.25) is 0 Å². The van der Waals surface area contributed by atoms with Crippen molar-refractivity contribution in [2.24, 2.45) is 0 Å². The molecule has 6 heteroatoms. The summed E-state index contributed by atoms with van der Waals surface area (Å²) in [5, 5.41) is 8.52. The predicted molar refractivity (Wildman–Crippen MR) is 84.2 cm³/mol. The maximum Gasteiger partial charge on any atom is 0.197 e. The average molecular weight is 435 g/mol. The Balaban J connectivity index is 0.00000242. The van der Waals surface area contributed by atoms with Crippen molar-refractivity contribution in [3.05, 3.63) is 50.7 Å². The summed E-state index contributed by atoms with van der Waals surface area (Å²) in [7, 11) is 0. The quantitative estimate of drug-likeness (QED) is 0.693. The Labute approximate surface area is 163 Å². The smallest absolute Gasteiger partial charge is 0.197 e. The van der Waals surface area contributed by atoms with Crippen molar-refractivity contribution in [3.8, 4) is 23.1 Å². The van der Waals surface area contributed by atoms with E-state index in [1.807, 2.05) is 19.1 Å². The van der Waals surface area contributed by atoms with Crippen LogP contribution in [0.1, 0.15) is 12.5 Å². The summed E-state index contributed by atoms with van der Waals surface area (Å²) in [4.78, 5) is 12.2. The molecule has 1 radical (unpaired) electrons. The third kappa shape index (κ3) is 4.07. The van der Waals surface area contributed by atoms with E-state index in [-0.39, 0.29) is 44.9 Å². The molecule has 0 spiro atoms. The van der Waals surface area contributed by atoms with Gasteiger partial charge in [-0.1, -0.05) is 39.7 Å². The maximum absolute atomic E-state index is 12.2. The Bertz CT molecular complexity index is 766. The van der Waals surface area contributed by atoms with Gasteiger partial charge >= 0.3 is 0 Å². The number of ether oxygens (including phenoxy) is 1. The molecule has 1 aromatic heterocycles. The summed E-state index contributed by atoms with van der Waals surface area (Å²) in [5.41, 5.74) is 2.25. The molecule has 0 aliphatic rings. The summed E-state index contributed by atoms with van der Waals surface area (Å²) in [6, 6.07) is 12.2. The van der Waals surface area contributed by atoms with Gasteiger partial charge in [0.1, 0.15) is 11.8 Å². The van der Waals surface area contributed by atoms with E-state index in [1.165, 1.54) is 0 Å². The van der Waals surface area contributed by atoms with Crippen molar-refractivity contribution < 1.29 is 37.4 Å². The summed E-state index contributed by atoms with van der Waals surface area (Å²) in [5.74, 6) is 0.602. The predicted octanol–water partition coefficient (Wildman–Crippen LogP) is 3.31.